The Kier molecular flexibility index (Phi) is 3.25. The van der Waals surface area contributed by atoms with E-state index in [-0.39, 0.29) is 28.3 Å². The summed E-state index contributed by atoms with van der Waals surface area (Å²) in [5.41, 5.74) is 0.689. The quantitative estimate of drug-likeness (QED) is 0.915. The lowest BCUT2D eigenvalue weighted by Gasteiger charge is -1.99. The lowest BCUT2D eigenvalue weighted by atomic mass is 10.2. The Hall–Kier alpha value is -1.47. The topological polar surface area (TPSA) is 84.3 Å². The van der Waals surface area contributed by atoms with Crippen LogP contribution >= 0.6 is 11.3 Å². The van der Waals surface area contributed by atoms with E-state index in [0.717, 1.165) is 4.70 Å². The Morgan fingerprint density at radius 1 is 1.35 bits per heavy atom. The molecule has 5 nitrogen and oxygen atoms in total. The summed E-state index contributed by atoms with van der Waals surface area (Å²) in [5, 5.41) is 8.69. The molecule has 0 unspecified atom stereocenters. The predicted molar refractivity (Wildman–Crippen MR) is 75.5 cm³/mol. The molecule has 106 valence electrons. The van der Waals surface area contributed by atoms with Gasteiger partial charge in [0.15, 0.2) is 0 Å². The third-order valence-electron chi connectivity index (χ3n) is 3.48. The van der Waals surface area contributed by atoms with E-state index in [4.69, 9.17) is 5.11 Å². The molecule has 0 bridgehead atoms. The number of carbonyl (C=O) groups is 1. The molecule has 1 aliphatic carbocycles. The number of fused-ring (bicyclic) bond motifs is 1. The number of benzene rings is 1. The summed E-state index contributed by atoms with van der Waals surface area (Å²) in [7, 11) is -3.41. The molecule has 1 saturated carbocycles. The number of carboxylic acid groups (broad SMARTS) is 1. The van der Waals surface area contributed by atoms with Crippen LogP contribution in [0.4, 0.5) is 0 Å². The lowest BCUT2D eigenvalue weighted by molar-refractivity contribution is -0.137. The van der Waals surface area contributed by atoms with Crippen LogP contribution in [0.2, 0.25) is 0 Å². The van der Waals surface area contributed by atoms with Crippen LogP contribution < -0.4 is 0 Å². The molecule has 0 amide bonds. The zero-order valence-electron chi connectivity index (χ0n) is 10.5. The van der Waals surface area contributed by atoms with E-state index in [1.807, 2.05) is 18.2 Å². The number of sulfone groups is 1. The summed E-state index contributed by atoms with van der Waals surface area (Å²) in [6.45, 7) is 0. The molecule has 0 radical (unpaired) electrons. The molecule has 0 aliphatic heterocycles. The third-order valence-corrected chi connectivity index (χ3v) is 6.81. The fraction of sp³-hybridized carbons (Fsp3) is 0.385. The van der Waals surface area contributed by atoms with Crippen molar-refractivity contribution >= 4 is 37.4 Å². The van der Waals surface area contributed by atoms with Crippen molar-refractivity contribution in [3.05, 3.63) is 24.3 Å². The number of para-hydroxylation sites is 1. The highest BCUT2D eigenvalue weighted by molar-refractivity contribution is 7.93. The smallest absolute Gasteiger partial charge is 0.303 e. The van der Waals surface area contributed by atoms with Gasteiger partial charge in [-0.25, -0.2) is 13.4 Å². The van der Waals surface area contributed by atoms with E-state index >= 15 is 0 Å². The maximum atomic E-state index is 12.3. The van der Waals surface area contributed by atoms with Gasteiger partial charge in [0.1, 0.15) is 0 Å². The van der Waals surface area contributed by atoms with E-state index in [9.17, 15) is 13.2 Å². The first-order valence-corrected chi connectivity index (χ1v) is 8.73. The van der Waals surface area contributed by atoms with Crippen molar-refractivity contribution in [1.29, 1.82) is 0 Å². The molecule has 7 heteroatoms. The van der Waals surface area contributed by atoms with Crippen molar-refractivity contribution in [3.63, 3.8) is 0 Å². The highest BCUT2D eigenvalue weighted by Gasteiger charge is 2.42. The van der Waals surface area contributed by atoms with Crippen molar-refractivity contribution < 1.29 is 18.3 Å². The summed E-state index contributed by atoms with van der Waals surface area (Å²) >= 11 is 1.17. The highest BCUT2D eigenvalue weighted by Crippen LogP contribution is 2.43. The van der Waals surface area contributed by atoms with Crippen LogP contribution in [0.5, 0.6) is 0 Å². The van der Waals surface area contributed by atoms with Gasteiger partial charge in [0.05, 0.1) is 16.0 Å². The molecule has 1 N–H and O–H groups in total. The van der Waals surface area contributed by atoms with Crippen LogP contribution in [0.1, 0.15) is 12.8 Å². The normalized spacial score (nSPS) is 22.0. The average Bonchev–Trinajstić information content (AvgIpc) is 2.92. The average molecular weight is 311 g/mol. The SMILES string of the molecule is O=C(O)C[C@@H]1C[C@@H]1CS(=O)(=O)c1nc2ccccc2s1. The summed E-state index contributed by atoms with van der Waals surface area (Å²) in [5.74, 6) is -0.903. The molecule has 0 spiro atoms. The first-order chi connectivity index (χ1) is 9.45. The van der Waals surface area contributed by atoms with Crippen molar-refractivity contribution in [2.45, 2.75) is 17.2 Å². The second-order valence-electron chi connectivity index (χ2n) is 5.08. The molecular weight excluding hydrogens is 298 g/mol. The van der Waals surface area contributed by atoms with Crippen LogP contribution in [-0.4, -0.2) is 30.2 Å². The van der Waals surface area contributed by atoms with E-state index in [0.29, 0.717) is 11.9 Å². The molecule has 2 atom stereocenters. The summed E-state index contributed by atoms with van der Waals surface area (Å²) < 4.78 is 25.6. The molecule has 1 aromatic heterocycles. The Morgan fingerprint density at radius 3 is 2.80 bits per heavy atom. The van der Waals surface area contributed by atoms with E-state index < -0.39 is 15.8 Å². The molecule has 1 aromatic carbocycles. The minimum absolute atomic E-state index is 0.00310. The fourth-order valence-corrected chi connectivity index (χ4v) is 5.36. The van der Waals surface area contributed by atoms with Crippen LogP contribution in [-0.2, 0) is 14.6 Å². The first-order valence-electron chi connectivity index (χ1n) is 6.26. The zero-order chi connectivity index (χ0) is 14.3. The van der Waals surface area contributed by atoms with Crippen molar-refractivity contribution in [3.8, 4) is 0 Å². The van der Waals surface area contributed by atoms with E-state index in [1.165, 1.54) is 11.3 Å². The van der Waals surface area contributed by atoms with Crippen molar-refractivity contribution in [2.75, 3.05) is 5.75 Å². The second-order valence-corrected chi connectivity index (χ2v) is 8.32. The number of thiazole rings is 1. The molecular formula is C13H13NO4S2. The molecule has 1 heterocycles. The van der Waals surface area contributed by atoms with Crippen LogP contribution in [0, 0.1) is 11.8 Å². The zero-order valence-corrected chi connectivity index (χ0v) is 12.2. The van der Waals surface area contributed by atoms with Crippen LogP contribution in [0.25, 0.3) is 10.2 Å². The monoisotopic (exact) mass is 311 g/mol. The van der Waals surface area contributed by atoms with E-state index in [1.54, 1.807) is 6.07 Å². The molecule has 0 saturated heterocycles. The minimum Gasteiger partial charge on any atom is -0.481 e. The fourth-order valence-electron chi connectivity index (χ4n) is 2.33. The number of hydrogen-bond acceptors (Lipinski definition) is 5. The van der Waals surface area contributed by atoms with Gasteiger partial charge in [-0.1, -0.05) is 12.1 Å². The molecule has 3 rings (SSSR count). The largest absolute Gasteiger partial charge is 0.481 e. The summed E-state index contributed by atoms with van der Waals surface area (Å²) in [6, 6.07) is 7.30. The first kappa shape index (κ1) is 13.5. The van der Waals surface area contributed by atoms with Gasteiger partial charge in [-0.3, -0.25) is 4.79 Å². The Bertz CT molecular complexity index is 733. The van der Waals surface area contributed by atoms with Gasteiger partial charge in [0, 0.05) is 6.42 Å². The lowest BCUT2D eigenvalue weighted by Crippen LogP contribution is -2.10. The molecule has 1 aliphatic rings. The standard InChI is InChI=1S/C13H13NO4S2/c15-12(16)6-8-5-9(8)7-20(17,18)13-14-10-3-1-2-4-11(10)19-13/h1-4,8-9H,5-7H2,(H,15,16)/t8-,9+/m0/s1. The number of aromatic nitrogens is 1. The number of nitrogens with zero attached hydrogens (tertiary/aromatic N) is 1. The van der Waals surface area contributed by atoms with Crippen molar-refractivity contribution in [1.82, 2.24) is 4.98 Å². The number of aliphatic carboxylic acids is 1. The van der Waals surface area contributed by atoms with Gasteiger partial charge in [0.2, 0.25) is 14.2 Å². The minimum atomic E-state index is -3.41. The Balaban J connectivity index is 1.77. The second kappa shape index (κ2) is 4.82. The van der Waals surface area contributed by atoms with Crippen LogP contribution in [0.3, 0.4) is 0 Å². The van der Waals surface area contributed by atoms with Gasteiger partial charge in [-0.15, -0.1) is 11.3 Å². The maximum Gasteiger partial charge on any atom is 0.303 e. The van der Waals surface area contributed by atoms with Gasteiger partial charge in [0.25, 0.3) is 0 Å². The highest BCUT2D eigenvalue weighted by atomic mass is 32.2. The van der Waals surface area contributed by atoms with Crippen molar-refractivity contribution in [2.24, 2.45) is 11.8 Å². The summed E-state index contributed by atoms with van der Waals surface area (Å²) in [4.78, 5) is 14.8. The Morgan fingerprint density at radius 2 is 2.10 bits per heavy atom. The van der Waals surface area contributed by atoms with Gasteiger partial charge >= 0.3 is 5.97 Å². The maximum absolute atomic E-state index is 12.3. The van der Waals surface area contributed by atoms with Gasteiger partial charge < -0.3 is 5.11 Å². The number of rotatable bonds is 5. The number of carboxylic acids is 1. The number of hydrogen-bond donors (Lipinski definition) is 1. The van der Waals surface area contributed by atoms with Crippen LogP contribution in [0.15, 0.2) is 28.6 Å². The third kappa shape index (κ3) is 2.69. The summed E-state index contributed by atoms with van der Waals surface area (Å²) in [6.07, 6.45) is 0.733. The van der Waals surface area contributed by atoms with E-state index in [2.05, 4.69) is 4.98 Å². The van der Waals surface area contributed by atoms with Gasteiger partial charge in [-0.2, -0.15) is 0 Å². The Labute approximate surface area is 120 Å². The van der Waals surface area contributed by atoms with Gasteiger partial charge in [-0.05, 0) is 30.4 Å². The molecule has 2 aromatic rings. The molecule has 20 heavy (non-hydrogen) atoms. The predicted octanol–water partition coefficient (Wildman–Crippen LogP) is 2.18. The molecule has 1 fully saturated rings.